The topological polar surface area (TPSA) is 152 Å². The van der Waals surface area contributed by atoms with Gasteiger partial charge in [-0.15, -0.1) is 4.57 Å². The summed E-state index contributed by atoms with van der Waals surface area (Å²) in [5.74, 6) is 0. The molecule has 1 aromatic heterocycles. The van der Waals surface area contributed by atoms with E-state index in [0.717, 1.165) is 0 Å². The minimum Gasteiger partial charge on any atom is -0.744 e. The van der Waals surface area contributed by atoms with E-state index in [9.17, 15) is 25.9 Å². The average Bonchev–Trinajstić information content (AvgIpc) is 3.04. The van der Waals surface area contributed by atoms with Gasteiger partial charge in [0.2, 0.25) is 16.7 Å². The molecule has 0 atom stereocenters. The smallest absolute Gasteiger partial charge is 0.296 e. The second-order valence-electron chi connectivity index (χ2n) is 10.5. The van der Waals surface area contributed by atoms with E-state index in [1.807, 2.05) is 71.3 Å². The van der Waals surface area contributed by atoms with Crippen LogP contribution in [0.15, 0.2) is 137 Å². The lowest BCUT2D eigenvalue weighted by molar-refractivity contribution is -0.538. The molecule has 0 aliphatic carbocycles. The highest BCUT2D eigenvalue weighted by molar-refractivity contribution is 7.86. The lowest BCUT2D eigenvalue weighted by Gasteiger charge is -2.17. The summed E-state index contributed by atoms with van der Waals surface area (Å²) >= 11 is 0. The maximum absolute atomic E-state index is 12.7. The monoisotopic (exact) mass is 648 g/mol. The van der Waals surface area contributed by atoms with Crippen LogP contribution in [-0.4, -0.2) is 30.9 Å². The van der Waals surface area contributed by atoms with Crippen LogP contribution in [0.2, 0.25) is 0 Å². The van der Waals surface area contributed by atoms with Crippen molar-refractivity contribution in [3.63, 3.8) is 0 Å². The molecule has 6 aromatic carbocycles. The third-order valence-corrected chi connectivity index (χ3v) is 9.30. The van der Waals surface area contributed by atoms with Crippen LogP contribution in [0.25, 0.3) is 38.5 Å². The fraction of sp³-hybridized carbons (Fsp3) is 0. The number of anilines is 4. The summed E-state index contributed by atoms with van der Waals surface area (Å²) in [6.45, 7) is 0. The van der Waals surface area contributed by atoms with Gasteiger partial charge in [-0.3, -0.25) is 4.55 Å². The molecule has 0 bridgehead atoms. The lowest BCUT2D eigenvalue weighted by atomic mass is 10.0. The van der Waals surface area contributed by atoms with Crippen molar-refractivity contribution in [2.45, 2.75) is 9.79 Å². The van der Waals surface area contributed by atoms with E-state index in [2.05, 4.69) is 10.6 Å². The number of hydrogen-bond acceptors (Lipinski definition) is 8. The SMILES string of the molecule is O=S(=O)([O-])c1cccc2c1c(Nc1ccccc1)cc1c2nc2cc(S(=O)(=O)O)c(Nc3ccccc3)cc2[n+]1-c1ccccc1. The third kappa shape index (κ3) is 5.39. The molecule has 0 saturated heterocycles. The van der Waals surface area contributed by atoms with E-state index in [1.165, 1.54) is 18.2 Å². The first-order valence-corrected chi connectivity index (χ1v) is 16.8. The van der Waals surface area contributed by atoms with Crippen LogP contribution in [0.5, 0.6) is 0 Å². The molecule has 10 nitrogen and oxygen atoms in total. The van der Waals surface area contributed by atoms with E-state index >= 15 is 0 Å². The second kappa shape index (κ2) is 11.2. The largest absolute Gasteiger partial charge is 0.744 e. The highest BCUT2D eigenvalue weighted by Crippen LogP contribution is 2.38. The third-order valence-electron chi connectivity index (χ3n) is 7.53. The average molecular weight is 649 g/mol. The fourth-order valence-corrected chi connectivity index (χ4v) is 6.98. The predicted molar refractivity (Wildman–Crippen MR) is 176 cm³/mol. The summed E-state index contributed by atoms with van der Waals surface area (Å²) in [5.41, 5.74) is 3.96. The van der Waals surface area contributed by atoms with Crippen molar-refractivity contribution in [1.29, 1.82) is 0 Å². The number of nitrogens with zero attached hydrogens (tertiary/aromatic N) is 2. The molecule has 0 amide bonds. The van der Waals surface area contributed by atoms with E-state index in [-0.39, 0.29) is 16.6 Å². The van der Waals surface area contributed by atoms with Crippen LogP contribution >= 0.6 is 0 Å². The molecule has 1 heterocycles. The Kier molecular flexibility index (Phi) is 7.13. The normalized spacial score (nSPS) is 12.0. The molecule has 0 aliphatic rings. The van der Waals surface area contributed by atoms with Crippen molar-refractivity contribution in [1.82, 2.24) is 4.98 Å². The Labute approximate surface area is 264 Å². The molecule has 228 valence electrons. The number of para-hydroxylation sites is 3. The van der Waals surface area contributed by atoms with Crippen LogP contribution in [-0.2, 0) is 20.2 Å². The summed E-state index contributed by atoms with van der Waals surface area (Å²) in [4.78, 5) is 4.01. The zero-order valence-corrected chi connectivity index (χ0v) is 25.5. The zero-order valence-electron chi connectivity index (χ0n) is 23.8. The van der Waals surface area contributed by atoms with Crippen molar-refractivity contribution in [3.05, 3.63) is 127 Å². The van der Waals surface area contributed by atoms with E-state index in [0.29, 0.717) is 44.7 Å². The number of hydrogen-bond donors (Lipinski definition) is 3. The molecule has 0 radical (unpaired) electrons. The van der Waals surface area contributed by atoms with Crippen molar-refractivity contribution < 1.29 is 30.5 Å². The molecule has 0 fully saturated rings. The summed E-state index contributed by atoms with van der Waals surface area (Å²) in [6.07, 6.45) is 0. The van der Waals surface area contributed by atoms with Gasteiger partial charge in [-0.2, -0.15) is 8.42 Å². The Balaban J connectivity index is 1.65. The Hall–Kier alpha value is -5.40. The van der Waals surface area contributed by atoms with Gasteiger partial charge in [-0.05, 0) is 36.4 Å². The van der Waals surface area contributed by atoms with Crippen LogP contribution in [0.3, 0.4) is 0 Å². The molecule has 0 aliphatic heterocycles. The highest BCUT2D eigenvalue weighted by atomic mass is 32.2. The zero-order chi connectivity index (χ0) is 32.1. The minimum atomic E-state index is -4.92. The summed E-state index contributed by atoms with van der Waals surface area (Å²) in [7, 11) is -9.65. The Morgan fingerprint density at radius 3 is 1.78 bits per heavy atom. The minimum absolute atomic E-state index is 0.121. The summed E-state index contributed by atoms with van der Waals surface area (Å²) in [6, 6.07) is 36.3. The van der Waals surface area contributed by atoms with Crippen molar-refractivity contribution in [2.24, 2.45) is 0 Å². The Morgan fingerprint density at radius 1 is 0.630 bits per heavy atom. The molecule has 3 N–H and O–H groups in total. The van der Waals surface area contributed by atoms with E-state index in [4.69, 9.17) is 4.98 Å². The van der Waals surface area contributed by atoms with Gasteiger partial charge in [0.25, 0.3) is 10.1 Å². The van der Waals surface area contributed by atoms with Gasteiger partial charge in [0.15, 0.2) is 0 Å². The van der Waals surface area contributed by atoms with Gasteiger partial charge in [0.05, 0.1) is 16.3 Å². The number of rotatable bonds is 7. The first kappa shape index (κ1) is 29.3. The molecular weight excluding hydrogens is 625 g/mol. The molecule has 7 rings (SSSR count). The number of nitrogens with one attached hydrogen (secondary N) is 2. The molecule has 12 heteroatoms. The van der Waals surface area contributed by atoms with Gasteiger partial charge in [-0.25, -0.2) is 13.4 Å². The number of fused-ring (bicyclic) bond motifs is 4. The highest BCUT2D eigenvalue weighted by Gasteiger charge is 2.28. The summed E-state index contributed by atoms with van der Waals surface area (Å²) in [5, 5.41) is 6.87. The lowest BCUT2D eigenvalue weighted by Crippen LogP contribution is -2.33. The molecule has 0 spiro atoms. The van der Waals surface area contributed by atoms with Crippen LogP contribution in [0.1, 0.15) is 0 Å². The number of benzene rings is 6. The first-order chi connectivity index (χ1) is 22.1. The summed E-state index contributed by atoms with van der Waals surface area (Å²) < 4.78 is 75.0. The maximum Gasteiger partial charge on any atom is 0.296 e. The first-order valence-electron chi connectivity index (χ1n) is 14.0. The second-order valence-corrected chi connectivity index (χ2v) is 13.2. The molecule has 0 saturated carbocycles. The van der Waals surface area contributed by atoms with Crippen LogP contribution in [0, 0.1) is 0 Å². The fourth-order valence-electron chi connectivity index (χ4n) is 5.61. The van der Waals surface area contributed by atoms with Crippen LogP contribution < -0.4 is 15.2 Å². The molecular formula is C34H24N4O6S2. The van der Waals surface area contributed by atoms with Crippen molar-refractivity contribution in [2.75, 3.05) is 10.6 Å². The van der Waals surface area contributed by atoms with Gasteiger partial charge >= 0.3 is 0 Å². The predicted octanol–water partition coefficient (Wildman–Crippen LogP) is 6.46. The Bertz CT molecular complexity index is 2510. The molecule has 7 aromatic rings. The molecule has 46 heavy (non-hydrogen) atoms. The number of aromatic nitrogens is 2. The van der Waals surface area contributed by atoms with Crippen LogP contribution in [0.4, 0.5) is 22.7 Å². The van der Waals surface area contributed by atoms with Crippen molar-refractivity contribution in [3.8, 4) is 5.69 Å². The quantitative estimate of drug-likeness (QED) is 0.0766. The van der Waals surface area contributed by atoms with E-state index < -0.39 is 30.0 Å². The van der Waals surface area contributed by atoms with Gasteiger partial charge in [0, 0.05) is 46.4 Å². The van der Waals surface area contributed by atoms with E-state index in [1.54, 1.807) is 42.5 Å². The van der Waals surface area contributed by atoms with Gasteiger partial charge in [-0.1, -0.05) is 66.7 Å². The Morgan fingerprint density at radius 2 is 1.20 bits per heavy atom. The van der Waals surface area contributed by atoms with Gasteiger partial charge in [0.1, 0.15) is 26.0 Å². The maximum atomic E-state index is 12.7. The van der Waals surface area contributed by atoms with Crippen molar-refractivity contribution >= 4 is 75.8 Å². The molecule has 0 unspecified atom stereocenters. The standard InChI is InChI=1S/C34H24N4O6S2/c39-45(40,41)31-18-10-17-25-33(31)28(36-23-13-6-2-7-14-23)20-30-34(25)37-26-21-32(46(42,43)44)27(35-22-11-4-1-5-12-22)19-29(26)38(30)24-15-8-3-9-16-24/h1-21H,(H3,35,36,39,40,41,42,43,44). The van der Waals surface area contributed by atoms with Gasteiger partial charge < -0.3 is 15.2 Å².